The Kier molecular flexibility index (Phi) is 7.42. The molecule has 0 bridgehead atoms. The summed E-state index contributed by atoms with van der Waals surface area (Å²) in [4.78, 5) is 14.3. The Morgan fingerprint density at radius 2 is 1.28 bits per heavy atom. The summed E-state index contributed by atoms with van der Waals surface area (Å²) < 4.78 is 0. The summed E-state index contributed by atoms with van der Waals surface area (Å²) in [5, 5.41) is 14.6. The molecule has 5 aromatic rings. The van der Waals surface area contributed by atoms with Crippen molar-refractivity contribution >= 4 is 33.3 Å². The van der Waals surface area contributed by atoms with E-state index in [0.29, 0.717) is 12.1 Å². The molecule has 1 N–H and O–H groups in total. The largest absolute Gasteiger partial charge is 0.464 e. The number of carboxylic acid groups (broad SMARTS) is 1. The number of allylic oxidation sites excluding steroid dienone is 4. The van der Waals surface area contributed by atoms with Gasteiger partial charge in [0, 0.05) is 17.0 Å². The van der Waals surface area contributed by atoms with E-state index < -0.39 is 11.5 Å². The van der Waals surface area contributed by atoms with Gasteiger partial charge in [0.1, 0.15) is 0 Å². The molecule has 0 spiro atoms. The summed E-state index contributed by atoms with van der Waals surface area (Å²) in [6, 6.07) is 37.2. The van der Waals surface area contributed by atoms with Crippen LogP contribution in [-0.4, -0.2) is 11.2 Å². The minimum absolute atomic E-state index is 0.555. The Hall–Kier alpha value is -4.89. The summed E-state index contributed by atoms with van der Waals surface area (Å²) in [6.45, 7) is 5.95. The number of hydrogen-bond acceptors (Lipinski definition) is 1. The van der Waals surface area contributed by atoms with E-state index >= 15 is 0 Å². The summed E-state index contributed by atoms with van der Waals surface area (Å²) >= 11 is 0. The van der Waals surface area contributed by atoms with E-state index in [2.05, 4.69) is 80.2 Å². The topological polar surface area (TPSA) is 40.5 Å². The standard InChI is InChI=1S/C36H31NO2/c1-3-4-5-16-25-37(35(38)39)34-32-24-15-13-22-30(32)29-21-12-14-23-31(29)33(34)36(2,28-19-10-7-11-20-28)26-27-17-8-6-9-18-27/h3-25H,1,26H2,2H3,(H,38,39)/b5-4+,25-16+. The Balaban J connectivity index is 1.94. The van der Waals surface area contributed by atoms with Gasteiger partial charge < -0.3 is 5.11 Å². The van der Waals surface area contributed by atoms with Crippen molar-refractivity contribution in [3.05, 3.63) is 163 Å². The summed E-state index contributed by atoms with van der Waals surface area (Å²) in [5.41, 5.74) is 3.39. The van der Waals surface area contributed by atoms with Crippen molar-refractivity contribution in [3.63, 3.8) is 0 Å². The molecule has 0 aliphatic carbocycles. The first-order valence-electron chi connectivity index (χ1n) is 13.1. The van der Waals surface area contributed by atoms with E-state index in [1.165, 1.54) is 10.5 Å². The molecule has 1 amide bonds. The molecule has 0 aromatic heterocycles. The Bertz CT molecular complexity index is 1690. The zero-order valence-electron chi connectivity index (χ0n) is 22.0. The SMILES string of the molecule is C=C/C=C/C=C/N(C(=O)O)c1c(C(C)(Cc2ccccc2)c2ccccc2)c2ccccc2c2ccccc12. The highest BCUT2D eigenvalue weighted by Gasteiger charge is 2.36. The normalized spacial score (nSPS) is 13.2. The zero-order chi connectivity index (χ0) is 27.2. The molecular weight excluding hydrogens is 478 g/mol. The highest BCUT2D eigenvalue weighted by Crippen LogP contribution is 2.48. The molecule has 0 aliphatic rings. The van der Waals surface area contributed by atoms with Crippen LogP contribution in [-0.2, 0) is 11.8 Å². The van der Waals surface area contributed by atoms with Gasteiger partial charge in [-0.25, -0.2) is 4.79 Å². The predicted octanol–water partition coefficient (Wildman–Crippen LogP) is 9.28. The second kappa shape index (κ2) is 11.2. The first-order valence-corrected chi connectivity index (χ1v) is 13.1. The van der Waals surface area contributed by atoms with Crippen molar-refractivity contribution in [3.8, 4) is 0 Å². The van der Waals surface area contributed by atoms with Crippen LogP contribution in [0.3, 0.4) is 0 Å². The average Bonchev–Trinajstić information content (AvgIpc) is 2.97. The third kappa shape index (κ3) is 4.99. The number of hydrogen-bond donors (Lipinski definition) is 1. The predicted molar refractivity (Wildman–Crippen MR) is 163 cm³/mol. The fourth-order valence-electron chi connectivity index (χ4n) is 5.59. The maximum atomic E-state index is 12.9. The molecule has 0 saturated heterocycles. The van der Waals surface area contributed by atoms with Gasteiger partial charge >= 0.3 is 6.09 Å². The fraction of sp³-hybridized carbons (Fsp3) is 0.0833. The van der Waals surface area contributed by atoms with Gasteiger partial charge in [-0.1, -0.05) is 141 Å². The molecule has 0 radical (unpaired) electrons. The van der Waals surface area contributed by atoms with Gasteiger partial charge in [-0.15, -0.1) is 0 Å². The van der Waals surface area contributed by atoms with Crippen molar-refractivity contribution in [2.24, 2.45) is 0 Å². The van der Waals surface area contributed by atoms with E-state index in [1.54, 1.807) is 30.5 Å². The van der Waals surface area contributed by atoms with Crippen molar-refractivity contribution < 1.29 is 9.90 Å². The lowest BCUT2D eigenvalue weighted by Gasteiger charge is -2.37. The van der Waals surface area contributed by atoms with Crippen LogP contribution in [0.2, 0.25) is 0 Å². The van der Waals surface area contributed by atoms with E-state index in [9.17, 15) is 9.90 Å². The molecule has 192 valence electrons. The van der Waals surface area contributed by atoms with Crippen LogP contribution in [0.1, 0.15) is 23.6 Å². The molecule has 0 heterocycles. The van der Waals surface area contributed by atoms with E-state index in [4.69, 9.17) is 0 Å². The molecular formula is C36H31NO2. The van der Waals surface area contributed by atoms with Crippen LogP contribution < -0.4 is 4.90 Å². The quantitative estimate of drug-likeness (QED) is 0.167. The van der Waals surface area contributed by atoms with Gasteiger partial charge in [-0.05, 0) is 45.3 Å². The third-order valence-corrected chi connectivity index (χ3v) is 7.31. The Labute approximate surface area is 229 Å². The summed E-state index contributed by atoms with van der Waals surface area (Å²) in [5.74, 6) is 0. The molecule has 0 saturated carbocycles. The van der Waals surface area contributed by atoms with Gasteiger partial charge in [-0.3, -0.25) is 4.90 Å². The van der Waals surface area contributed by atoms with Crippen LogP contribution in [0, 0.1) is 0 Å². The molecule has 1 unspecified atom stereocenters. The van der Waals surface area contributed by atoms with E-state index in [-0.39, 0.29) is 0 Å². The fourth-order valence-corrected chi connectivity index (χ4v) is 5.59. The Morgan fingerprint density at radius 3 is 1.90 bits per heavy atom. The minimum Gasteiger partial charge on any atom is -0.464 e. The molecule has 3 heteroatoms. The number of carbonyl (C=O) groups is 1. The summed E-state index contributed by atoms with van der Waals surface area (Å²) in [6.07, 6.45) is 8.23. The Morgan fingerprint density at radius 1 is 0.744 bits per heavy atom. The van der Waals surface area contributed by atoms with Crippen LogP contribution in [0.15, 0.2) is 146 Å². The van der Waals surface area contributed by atoms with E-state index in [1.807, 2.05) is 42.5 Å². The second-order valence-corrected chi connectivity index (χ2v) is 9.79. The van der Waals surface area contributed by atoms with Gasteiger partial charge in [0.25, 0.3) is 0 Å². The molecule has 39 heavy (non-hydrogen) atoms. The first kappa shape index (κ1) is 25.7. The number of benzene rings is 5. The van der Waals surface area contributed by atoms with Gasteiger partial charge in [0.05, 0.1) is 5.69 Å². The van der Waals surface area contributed by atoms with Crippen LogP contribution >= 0.6 is 0 Å². The number of fused-ring (bicyclic) bond motifs is 3. The van der Waals surface area contributed by atoms with Crippen molar-refractivity contribution in [2.45, 2.75) is 18.8 Å². The lowest BCUT2D eigenvalue weighted by atomic mass is 9.69. The van der Waals surface area contributed by atoms with Crippen molar-refractivity contribution in [2.75, 3.05) is 4.90 Å². The maximum Gasteiger partial charge on any atom is 0.416 e. The highest BCUT2D eigenvalue weighted by molar-refractivity contribution is 6.18. The third-order valence-electron chi connectivity index (χ3n) is 7.31. The van der Waals surface area contributed by atoms with Crippen LogP contribution in [0.5, 0.6) is 0 Å². The molecule has 0 fully saturated rings. The molecule has 0 aliphatic heterocycles. The lowest BCUT2D eigenvalue weighted by Crippen LogP contribution is -2.32. The number of nitrogens with zero attached hydrogens (tertiary/aromatic N) is 1. The lowest BCUT2D eigenvalue weighted by molar-refractivity contribution is 0.204. The van der Waals surface area contributed by atoms with Crippen LogP contribution in [0.4, 0.5) is 10.5 Å². The second-order valence-electron chi connectivity index (χ2n) is 9.79. The van der Waals surface area contributed by atoms with E-state index in [0.717, 1.165) is 32.7 Å². The molecule has 5 aromatic carbocycles. The van der Waals surface area contributed by atoms with Gasteiger partial charge in [0.15, 0.2) is 0 Å². The summed E-state index contributed by atoms with van der Waals surface area (Å²) in [7, 11) is 0. The smallest absolute Gasteiger partial charge is 0.416 e. The highest BCUT2D eigenvalue weighted by atomic mass is 16.4. The molecule has 5 rings (SSSR count). The van der Waals surface area contributed by atoms with Crippen molar-refractivity contribution in [1.82, 2.24) is 0 Å². The average molecular weight is 510 g/mol. The monoisotopic (exact) mass is 509 g/mol. The van der Waals surface area contributed by atoms with Gasteiger partial charge in [0.2, 0.25) is 0 Å². The first-order chi connectivity index (χ1) is 19.0. The number of rotatable bonds is 8. The molecule has 3 nitrogen and oxygen atoms in total. The zero-order valence-corrected chi connectivity index (χ0v) is 22.0. The molecule has 1 atom stereocenters. The van der Waals surface area contributed by atoms with Gasteiger partial charge in [-0.2, -0.15) is 0 Å². The van der Waals surface area contributed by atoms with Crippen molar-refractivity contribution in [1.29, 1.82) is 0 Å². The number of anilines is 1. The van der Waals surface area contributed by atoms with Crippen LogP contribution in [0.25, 0.3) is 21.5 Å². The minimum atomic E-state index is -1.05. The number of amides is 1. The maximum absolute atomic E-state index is 12.9.